The highest BCUT2D eigenvalue weighted by Gasteiger charge is 2.47. The van der Waals surface area contributed by atoms with Crippen molar-refractivity contribution in [3.63, 3.8) is 0 Å². The van der Waals surface area contributed by atoms with Gasteiger partial charge in [-0.15, -0.1) is 0 Å². The molecule has 0 aromatic heterocycles. The van der Waals surface area contributed by atoms with E-state index in [0.29, 0.717) is 15.6 Å². The largest absolute Gasteiger partial charge is 0.507 e. The lowest BCUT2D eigenvalue weighted by Crippen LogP contribution is -2.24. The molecule has 176 valence electrons. The summed E-state index contributed by atoms with van der Waals surface area (Å²) in [7, 11) is -5.53. The number of halogens is 4. The average Bonchev–Trinajstić information content (AvgIpc) is 2.62. The second-order valence-electron chi connectivity index (χ2n) is 8.81. The minimum absolute atomic E-state index is 0.0194. The summed E-state index contributed by atoms with van der Waals surface area (Å²) in [6.07, 6.45) is 0. The number of sulfone groups is 1. The number of nitrogens with one attached hydrogen (secondary N) is 1. The molecule has 0 aliphatic heterocycles. The zero-order valence-corrected chi connectivity index (χ0v) is 20.9. The minimum Gasteiger partial charge on any atom is -0.507 e. The van der Waals surface area contributed by atoms with Crippen LogP contribution in [0.1, 0.15) is 67.6 Å². The molecule has 10 heteroatoms. The van der Waals surface area contributed by atoms with Crippen molar-refractivity contribution in [1.29, 1.82) is 0 Å². The van der Waals surface area contributed by atoms with E-state index in [1.54, 1.807) is 26.8 Å². The van der Waals surface area contributed by atoms with E-state index in [9.17, 15) is 31.5 Å². The number of carbonyl (C=O) groups excluding carboxylic acids is 1. The lowest BCUT2D eigenvalue weighted by molar-refractivity contribution is -0.0436. The Morgan fingerprint density at radius 3 is 2.16 bits per heavy atom. The molecule has 0 aliphatic carbocycles. The van der Waals surface area contributed by atoms with Crippen molar-refractivity contribution in [2.45, 2.75) is 63.3 Å². The van der Waals surface area contributed by atoms with Gasteiger partial charge >= 0.3 is 5.51 Å². The number of amides is 1. The Balaban J connectivity index is 2.59. The van der Waals surface area contributed by atoms with Crippen molar-refractivity contribution in [3.05, 3.63) is 51.0 Å². The van der Waals surface area contributed by atoms with E-state index < -0.39 is 37.5 Å². The fourth-order valence-corrected chi connectivity index (χ4v) is 4.43. The quantitative estimate of drug-likeness (QED) is 0.472. The normalized spacial score (nSPS) is 12.8. The SMILES string of the molecule is Cc1c(Br)cc(C(C)(C)C)c(O)c1C(=O)Nc1ccc(S(=O)(=O)C(F)(F)F)cc1C(C)C. The van der Waals surface area contributed by atoms with Crippen LogP contribution in [0.25, 0.3) is 0 Å². The van der Waals surface area contributed by atoms with Crippen molar-refractivity contribution in [2.24, 2.45) is 0 Å². The third-order valence-corrected chi connectivity index (χ3v) is 7.35. The van der Waals surface area contributed by atoms with Crippen LogP contribution in [-0.4, -0.2) is 24.9 Å². The maximum Gasteiger partial charge on any atom is 0.501 e. The van der Waals surface area contributed by atoms with E-state index in [0.717, 1.165) is 18.2 Å². The molecule has 0 heterocycles. The van der Waals surface area contributed by atoms with Crippen LogP contribution in [0.4, 0.5) is 18.9 Å². The van der Waals surface area contributed by atoms with Crippen molar-refractivity contribution >= 4 is 37.4 Å². The predicted octanol–water partition coefficient (Wildman–Crippen LogP) is 6.43. The molecule has 0 atom stereocenters. The van der Waals surface area contributed by atoms with Gasteiger partial charge in [-0.1, -0.05) is 50.5 Å². The molecule has 0 aliphatic rings. The molecule has 0 saturated carbocycles. The molecule has 5 nitrogen and oxygen atoms in total. The molecule has 32 heavy (non-hydrogen) atoms. The van der Waals surface area contributed by atoms with Gasteiger partial charge in [0.25, 0.3) is 15.7 Å². The van der Waals surface area contributed by atoms with Gasteiger partial charge in [-0.25, -0.2) is 8.42 Å². The fraction of sp³-hybridized carbons (Fsp3) is 0.409. The zero-order chi connectivity index (χ0) is 24.8. The summed E-state index contributed by atoms with van der Waals surface area (Å²) >= 11 is 3.40. The number of hydrogen-bond acceptors (Lipinski definition) is 4. The summed E-state index contributed by atoms with van der Waals surface area (Å²) in [5.74, 6) is -1.26. The first-order valence-electron chi connectivity index (χ1n) is 9.68. The van der Waals surface area contributed by atoms with Gasteiger partial charge in [0.1, 0.15) is 5.75 Å². The number of anilines is 1. The maximum atomic E-state index is 13.1. The van der Waals surface area contributed by atoms with Gasteiger partial charge in [0.15, 0.2) is 0 Å². The Morgan fingerprint density at radius 1 is 1.12 bits per heavy atom. The van der Waals surface area contributed by atoms with E-state index in [1.807, 2.05) is 20.8 Å². The molecule has 2 aromatic rings. The number of phenolic OH excluding ortho intramolecular Hbond substituents is 1. The van der Waals surface area contributed by atoms with Gasteiger partial charge < -0.3 is 10.4 Å². The monoisotopic (exact) mass is 535 g/mol. The highest BCUT2D eigenvalue weighted by Crippen LogP contribution is 2.39. The third kappa shape index (κ3) is 4.96. The minimum atomic E-state index is -5.53. The van der Waals surface area contributed by atoms with Crippen LogP contribution in [0.3, 0.4) is 0 Å². The van der Waals surface area contributed by atoms with Crippen molar-refractivity contribution < 1.29 is 31.5 Å². The number of carbonyl (C=O) groups is 1. The summed E-state index contributed by atoms with van der Waals surface area (Å²) < 4.78 is 63.1. The molecule has 0 saturated heterocycles. The lowest BCUT2D eigenvalue weighted by Gasteiger charge is -2.24. The summed E-state index contributed by atoms with van der Waals surface area (Å²) in [6, 6.07) is 4.58. The van der Waals surface area contributed by atoms with Crippen LogP contribution in [0.5, 0.6) is 5.75 Å². The Labute approximate surface area is 194 Å². The Bertz CT molecular complexity index is 1170. The van der Waals surface area contributed by atoms with E-state index in [4.69, 9.17) is 0 Å². The van der Waals surface area contributed by atoms with Gasteiger partial charge in [0.05, 0.1) is 10.5 Å². The maximum absolute atomic E-state index is 13.1. The highest BCUT2D eigenvalue weighted by atomic mass is 79.9. The molecular formula is C22H25BrF3NO4S. The number of aromatic hydroxyl groups is 1. The zero-order valence-electron chi connectivity index (χ0n) is 18.5. The molecule has 0 bridgehead atoms. The first kappa shape index (κ1) is 26.2. The molecule has 0 unspecified atom stereocenters. The predicted molar refractivity (Wildman–Crippen MR) is 121 cm³/mol. The highest BCUT2D eigenvalue weighted by molar-refractivity contribution is 9.10. The van der Waals surface area contributed by atoms with E-state index in [1.165, 1.54) is 0 Å². The molecule has 0 spiro atoms. The van der Waals surface area contributed by atoms with Crippen LogP contribution in [0.2, 0.25) is 0 Å². The Morgan fingerprint density at radius 2 is 1.69 bits per heavy atom. The smallest absolute Gasteiger partial charge is 0.501 e. The molecular weight excluding hydrogens is 511 g/mol. The molecule has 2 rings (SSSR count). The van der Waals surface area contributed by atoms with Crippen molar-refractivity contribution in [3.8, 4) is 5.75 Å². The van der Waals surface area contributed by atoms with Gasteiger partial charge in [-0.2, -0.15) is 13.2 Å². The molecule has 2 aromatic carbocycles. The van der Waals surface area contributed by atoms with Crippen molar-refractivity contribution in [2.75, 3.05) is 5.32 Å². The number of hydrogen-bond donors (Lipinski definition) is 2. The van der Waals surface area contributed by atoms with Gasteiger partial charge in [-0.05, 0) is 53.6 Å². The van der Waals surface area contributed by atoms with Crippen LogP contribution < -0.4 is 5.32 Å². The van der Waals surface area contributed by atoms with E-state index in [-0.39, 0.29) is 22.6 Å². The van der Waals surface area contributed by atoms with Crippen LogP contribution >= 0.6 is 15.9 Å². The number of benzene rings is 2. The summed E-state index contributed by atoms with van der Waals surface area (Å²) in [5, 5.41) is 13.4. The molecule has 2 N–H and O–H groups in total. The topological polar surface area (TPSA) is 83.5 Å². The summed E-state index contributed by atoms with van der Waals surface area (Å²) in [4.78, 5) is 12.2. The summed E-state index contributed by atoms with van der Waals surface area (Å²) in [5.41, 5.74) is -4.49. The second-order valence-corrected chi connectivity index (χ2v) is 11.6. The fourth-order valence-electron chi connectivity index (χ4n) is 3.20. The third-order valence-electron chi connectivity index (χ3n) is 5.04. The summed E-state index contributed by atoms with van der Waals surface area (Å²) in [6.45, 7) is 10.6. The Hall–Kier alpha value is -2.07. The first-order chi connectivity index (χ1) is 14.4. The Kier molecular flexibility index (Phi) is 7.12. The van der Waals surface area contributed by atoms with Gasteiger partial charge in [0.2, 0.25) is 0 Å². The van der Waals surface area contributed by atoms with Gasteiger partial charge in [-0.3, -0.25) is 4.79 Å². The lowest BCUT2D eigenvalue weighted by atomic mass is 9.84. The van der Waals surface area contributed by atoms with Crippen LogP contribution in [0, 0.1) is 6.92 Å². The second kappa shape index (κ2) is 8.70. The standard InChI is InChI=1S/C22H25BrF3NO4S/c1-11(2)14-9-13(32(30,31)22(24,25)26)7-8-17(14)27-20(29)18-12(3)16(23)10-15(19(18)28)21(4,5)6/h7-11,28H,1-6H3,(H,27,29). The van der Waals surface area contributed by atoms with Gasteiger partial charge in [0, 0.05) is 15.7 Å². The number of alkyl halides is 3. The average molecular weight is 536 g/mol. The van der Waals surface area contributed by atoms with E-state index >= 15 is 0 Å². The molecule has 0 fully saturated rings. The number of phenols is 1. The molecule has 0 radical (unpaired) electrons. The molecule has 1 amide bonds. The first-order valence-corrected chi connectivity index (χ1v) is 12.0. The van der Waals surface area contributed by atoms with Crippen LogP contribution in [-0.2, 0) is 15.3 Å². The van der Waals surface area contributed by atoms with Crippen LogP contribution in [0.15, 0.2) is 33.6 Å². The van der Waals surface area contributed by atoms with E-state index in [2.05, 4.69) is 21.2 Å². The van der Waals surface area contributed by atoms with Crippen molar-refractivity contribution in [1.82, 2.24) is 0 Å². The number of rotatable bonds is 4.